The molecule has 4 atom stereocenters. The van der Waals surface area contributed by atoms with Crippen molar-refractivity contribution >= 4 is 0 Å². The van der Waals surface area contributed by atoms with Crippen LogP contribution in [0.2, 0.25) is 0 Å². The predicted octanol–water partition coefficient (Wildman–Crippen LogP) is 4.83. The summed E-state index contributed by atoms with van der Waals surface area (Å²) in [6.07, 6.45) is -1.33. The minimum Gasteiger partial charge on any atom is -0.497 e. The molecule has 0 aliphatic carbocycles. The van der Waals surface area contributed by atoms with Crippen LogP contribution in [0.3, 0.4) is 0 Å². The third kappa shape index (κ3) is 6.43. The Morgan fingerprint density at radius 3 is 2.08 bits per heavy atom. The number of fused-ring (bicyclic) bond motifs is 1. The van der Waals surface area contributed by atoms with Crippen molar-refractivity contribution in [3.05, 3.63) is 102 Å². The molecule has 0 aromatic heterocycles. The topological polar surface area (TPSA) is 67.4 Å². The Morgan fingerprint density at radius 2 is 1.42 bits per heavy atom. The van der Waals surface area contributed by atoms with E-state index in [-0.39, 0.29) is 6.10 Å². The zero-order valence-corrected chi connectivity index (χ0v) is 22.3. The van der Waals surface area contributed by atoms with Gasteiger partial charge in [0.15, 0.2) is 12.1 Å². The van der Waals surface area contributed by atoms with Gasteiger partial charge in [-0.3, -0.25) is 0 Å². The molecule has 0 saturated carbocycles. The zero-order valence-electron chi connectivity index (χ0n) is 22.3. The minimum atomic E-state index is -0.818. The summed E-state index contributed by atoms with van der Waals surface area (Å²) in [5, 5.41) is 3.57. The van der Waals surface area contributed by atoms with E-state index in [1.54, 1.807) is 7.11 Å². The van der Waals surface area contributed by atoms with Crippen molar-refractivity contribution < 1.29 is 28.4 Å². The van der Waals surface area contributed by atoms with Gasteiger partial charge in [0.1, 0.15) is 23.6 Å². The highest BCUT2D eigenvalue weighted by atomic mass is 16.8. The second kappa shape index (κ2) is 11.9. The molecule has 2 fully saturated rings. The molecule has 0 spiro atoms. The number of rotatable bonds is 12. The van der Waals surface area contributed by atoms with E-state index in [1.807, 2.05) is 74.5 Å². The average Bonchev–Trinajstić information content (AvgIpc) is 3.37. The fourth-order valence-corrected chi connectivity index (χ4v) is 5.05. The summed E-state index contributed by atoms with van der Waals surface area (Å²) in [4.78, 5) is 0. The second-order valence-electron chi connectivity index (χ2n) is 10.3. The third-order valence-corrected chi connectivity index (χ3v) is 6.90. The Kier molecular flexibility index (Phi) is 8.43. The monoisotopic (exact) mass is 519 g/mol. The van der Waals surface area contributed by atoms with Gasteiger partial charge >= 0.3 is 0 Å². The first kappa shape index (κ1) is 26.8. The van der Waals surface area contributed by atoms with Crippen molar-refractivity contribution in [1.29, 1.82) is 0 Å². The molecule has 0 bridgehead atoms. The third-order valence-electron chi connectivity index (χ3n) is 6.90. The summed E-state index contributed by atoms with van der Waals surface area (Å²) in [7, 11) is 1.67. The van der Waals surface area contributed by atoms with Crippen LogP contribution in [0.5, 0.6) is 5.75 Å². The lowest BCUT2D eigenvalue weighted by molar-refractivity contribution is -0.253. The lowest BCUT2D eigenvalue weighted by atomic mass is 9.95. The molecule has 5 rings (SSSR count). The van der Waals surface area contributed by atoms with Gasteiger partial charge in [0, 0.05) is 13.1 Å². The van der Waals surface area contributed by atoms with E-state index in [1.165, 1.54) is 0 Å². The van der Waals surface area contributed by atoms with Crippen molar-refractivity contribution in [2.24, 2.45) is 0 Å². The van der Waals surface area contributed by atoms with Crippen molar-refractivity contribution in [1.82, 2.24) is 5.32 Å². The van der Waals surface area contributed by atoms with E-state index >= 15 is 0 Å². The van der Waals surface area contributed by atoms with Crippen LogP contribution in [-0.4, -0.2) is 50.1 Å². The molecular weight excluding hydrogens is 482 g/mol. The Morgan fingerprint density at radius 1 is 0.763 bits per heavy atom. The smallest absolute Gasteiger partial charge is 0.190 e. The summed E-state index contributed by atoms with van der Waals surface area (Å²) < 4.78 is 37.2. The number of nitrogens with one attached hydrogen (secondary N) is 1. The first-order valence-electron chi connectivity index (χ1n) is 13.1. The molecule has 202 valence electrons. The predicted molar refractivity (Wildman–Crippen MR) is 143 cm³/mol. The van der Waals surface area contributed by atoms with Gasteiger partial charge < -0.3 is 33.7 Å². The van der Waals surface area contributed by atoms with Crippen LogP contribution in [0.25, 0.3) is 0 Å². The summed E-state index contributed by atoms with van der Waals surface area (Å²) in [6.45, 7) is 6.17. The lowest BCUT2D eigenvalue weighted by Crippen LogP contribution is -2.55. The molecule has 2 aliphatic heterocycles. The normalized spacial score (nSPS) is 25.8. The molecule has 3 aromatic rings. The quantitative estimate of drug-likeness (QED) is 0.368. The van der Waals surface area contributed by atoms with Crippen molar-refractivity contribution in [3.8, 4) is 5.75 Å². The van der Waals surface area contributed by atoms with Crippen LogP contribution < -0.4 is 10.1 Å². The van der Waals surface area contributed by atoms with Crippen molar-refractivity contribution in [3.63, 3.8) is 0 Å². The molecule has 0 amide bonds. The molecule has 7 nitrogen and oxygen atoms in total. The van der Waals surface area contributed by atoms with Crippen LogP contribution in [0.15, 0.2) is 84.9 Å². The van der Waals surface area contributed by atoms with Crippen molar-refractivity contribution in [2.75, 3.05) is 20.3 Å². The Labute approximate surface area is 225 Å². The summed E-state index contributed by atoms with van der Waals surface area (Å²) in [5.41, 5.74) is 2.50. The Bertz CT molecular complexity index is 1140. The summed E-state index contributed by atoms with van der Waals surface area (Å²) in [5.74, 6) is 0.0786. The first-order chi connectivity index (χ1) is 18.5. The van der Waals surface area contributed by atoms with Gasteiger partial charge in [0.05, 0.1) is 26.9 Å². The Balaban J connectivity index is 1.34. The second-order valence-corrected chi connectivity index (χ2v) is 10.3. The van der Waals surface area contributed by atoms with Crippen LogP contribution in [0, 0.1) is 0 Å². The number of ether oxygens (including phenoxy) is 6. The van der Waals surface area contributed by atoms with E-state index in [0.29, 0.717) is 32.9 Å². The molecule has 3 aromatic carbocycles. The number of methoxy groups -OCH3 is 1. The molecule has 1 N–H and O–H groups in total. The fourth-order valence-electron chi connectivity index (χ4n) is 5.05. The zero-order chi connectivity index (χ0) is 26.4. The van der Waals surface area contributed by atoms with Crippen molar-refractivity contribution in [2.45, 2.75) is 63.5 Å². The summed E-state index contributed by atoms with van der Waals surface area (Å²) >= 11 is 0. The largest absolute Gasteiger partial charge is 0.497 e. The fraction of sp³-hybridized carbons (Fsp3) is 0.419. The highest BCUT2D eigenvalue weighted by Crippen LogP contribution is 2.44. The van der Waals surface area contributed by atoms with Gasteiger partial charge in [-0.25, -0.2) is 0 Å². The average molecular weight is 520 g/mol. The van der Waals surface area contributed by atoms with E-state index in [0.717, 1.165) is 22.4 Å². The van der Waals surface area contributed by atoms with Gasteiger partial charge in [-0.05, 0) is 42.7 Å². The van der Waals surface area contributed by atoms with E-state index in [4.69, 9.17) is 28.4 Å². The van der Waals surface area contributed by atoms with E-state index in [9.17, 15) is 0 Å². The molecule has 7 heteroatoms. The molecule has 2 heterocycles. The lowest BCUT2D eigenvalue weighted by Gasteiger charge is -2.37. The van der Waals surface area contributed by atoms with Gasteiger partial charge in [-0.2, -0.15) is 0 Å². The maximum absolute atomic E-state index is 6.64. The molecule has 2 saturated heterocycles. The van der Waals surface area contributed by atoms with Gasteiger partial charge in [0.2, 0.25) is 0 Å². The van der Waals surface area contributed by atoms with Gasteiger partial charge in [-0.15, -0.1) is 0 Å². The van der Waals surface area contributed by atoms with Crippen LogP contribution in [0.4, 0.5) is 0 Å². The molecule has 2 aliphatic rings. The first-order valence-corrected chi connectivity index (χ1v) is 13.1. The number of hydrogen-bond acceptors (Lipinski definition) is 7. The summed E-state index contributed by atoms with van der Waals surface area (Å²) in [6, 6.07) is 28.3. The maximum atomic E-state index is 6.64. The Hall–Kier alpha value is -2.78. The van der Waals surface area contributed by atoms with Crippen LogP contribution in [0.1, 0.15) is 30.5 Å². The highest BCUT2D eigenvalue weighted by Gasteiger charge is 2.62. The number of hydrogen-bond donors (Lipinski definition) is 1. The van der Waals surface area contributed by atoms with Gasteiger partial charge in [-0.1, -0.05) is 72.8 Å². The molecule has 0 radical (unpaired) electrons. The standard InChI is InChI=1S/C31H37NO6/c1-30(2)36-27-28(35-20-25-12-8-5-9-13-25)31(38-29(27)37-30,22-34-19-24-10-6-4-7-11-24)21-32-18-23-14-16-26(33-3)17-15-23/h4-17,27-29,32H,18-22H2,1-3H3/t27-,28+,29+,31-/m1/s1. The van der Waals surface area contributed by atoms with E-state index < -0.39 is 23.8 Å². The van der Waals surface area contributed by atoms with Crippen LogP contribution >= 0.6 is 0 Å². The maximum Gasteiger partial charge on any atom is 0.190 e. The molecule has 38 heavy (non-hydrogen) atoms. The molecule has 0 unspecified atom stereocenters. The number of benzene rings is 3. The minimum absolute atomic E-state index is 0.317. The van der Waals surface area contributed by atoms with Gasteiger partial charge in [0.25, 0.3) is 0 Å². The SMILES string of the molecule is COc1ccc(CNC[C@]2(COCc3ccccc3)O[C@@H]3OC(C)(C)O[C@@H]3[C@@H]2OCc2ccccc2)cc1. The van der Waals surface area contributed by atoms with Crippen LogP contribution in [-0.2, 0) is 43.4 Å². The molecular formula is C31H37NO6. The highest BCUT2D eigenvalue weighted by molar-refractivity contribution is 5.27. The van der Waals surface area contributed by atoms with E-state index in [2.05, 4.69) is 29.6 Å².